The predicted octanol–water partition coefficient (Wildman–Crippen LogP) is 3.60. The van der Waals surface area contributed by atoms with Crippen LogP contribution in [0.25, 0.3) is 0 Å². The molecule has 0 amide bonds. The quantitative estimate of drug-likeness (QED) is 0.645. The van der Waals surface area contributed by atoms with E-state index in [0.29, 0.717) is 12.0 Å². The molecule has 0 radical (unpaired) electrons. The Bertz CT molecular complexity index is 486. The van der Waals surface area contributed by atoms with Crippen LogP contribution in [0.2, 0.25) is 0 Å². The minimum Gasteiger partial charge on any atom is -0.384 e. The van der Waals surface area contributed by atoms with Gasteiger partial charge in [0, 0.05) is 28.3 Å². The fraction of sp³-hybridized carbons (Fsp3) is 0.533. The number of anilines is 1. The van der Waals surface area contributed by atoms with Gasteiger partial charge in [-0.2, -0.15) is 0 Å². The lowest BCUT2D eigenvalue weighted by Crippen LogP contribution is -2.45. The van der Waals surface area contributed by atoms with Crippen LogP contribution in [-0.2, 0) is 0 Å². The Morgan fingerprint density at radius 3 is 2.63 bits per heavy atom. The van der Waals surface area contributed by atoms with E-state index in [-0.39, 0.29) is 5.84 Å². The van der Waals surface area contributed by atoms with Crippen molar-refractivity contribution in [3.05, 3.63) is 28.2 Å². The van der Waals surface area contributed by atoms with Crippen molar-refractivity contribution in [1.29, 1.82) is 5.41 Å². The summed E-state index contributed by atoms with van der Waals surface area (Å²) in [6, 6.07) is 6.63. The van der Waals surface area contributed by atoms with Gasteiger partial charge in [-0.15, -0.1) is 0 Å². The molecule has 2 rings (SSSR count). The number of nitrogens with two attached hydrogens (primary N) is 1. The molecule has 0 saturated carbocycles. The third-order valence-electron chi connectivity index (χ3n) is 4.17. The Hall–Kier alpha value is -1.03. The van der Waals surface area contributed by atoms with Crippen LogP contribution >= 0.6 is 15.9 Å². The number of hydrogen-bond donors (Lipinski definition) is 2. The molecule has 4 heteroatoms. The SMILES string of the molecule is CC1CC(C)C(C)N(c2ccc(C(=N)N)c(Br)c2)C1. The van der Waals surface area contributed by atoms with E-state index in [4.69, 9.17) is 11.1 Å². The molecule has 3 atom stereocenters. The standard InChI is InChI=1S/C15H22BrN3/c1-9-6-10(2)11(3)19(8-9)12-4-5-13(15(17)18)14(16)7-12/h4-5,7,9-11H,6,8H2,1-3H3,(H3,17,18). The van der Waals surface area contributed by atoms with Crippen molar-refractivity contribution in [2.45, 2.75) is 33.2 Å². The van der Waals surface area contributed by atoms with Crippen LogP contribution in [0, 0.1) is 17.2 Å². The average Bonchev–Trinajstić information content (AvgIpc) is 2.33. The number of rotatable bonds is 2. The summed E-state index contributed by atoms with van der Waals surface area (Å²) in [6.07, 6.45) is 1.30. The Balaban J connectivity index is 2.31. The van der Waals surface area contributed by atoms with Crippen molar-refractivity contribution in [2.24, 2.45) is 17.6 Å². The second kappa shape index (κ2) is 5.53. The second-order valence-corrected chi connectivity index (χ2v) is 6.64. The lowest BCUT2D eigenvalue weighted by Gasteiger charge is -2.42. The largest absolute Gasteiger partial charge is 0.384 e. The third-order valence-corrected chi connectivity index (χ3v) is 4.83. The maximum atomic E-state index is 7.53. The fourth-order valence-corrected chi connectivity index (χ4v) is 3.54. The molecule has 3 nitrogen and oxygen atoms in total. The highest BCUT2D eigenvalue weighted by atomic mass is 79.9. The summed E-state index contributed by atoms with van der Waals surface area (Å²) in [6.45, 7) is 8.03. The normalized spacial score (nSPS) is 27.4. The topological polar surface area (TPSA) is 53.1 Å². The minimum atomic E-state index is 0.104. The Kier molecular flexibility index (Phi) is 4.19. The maximum absolute atomic E-state index is 7.53. The predicted molar refractivity (Wildman–Crippen MR) is 84.9 cm³/mol. The summed E-state index contributed by atoms with van der Waals surface area (Å²) >= 11 is 3.52. The van der Waals surface area contributed by atoms with Gasteiger partial charge in [0.05, 0.1) is 0 Å². The van der Waals surface area contributed by atoms with Gasteiger partial charge in [-0.3, -0.25) is 5.41 Å². The number of amidine groups is 1. The molecular formula is C15H22BrN3. The fourth-order valence-electron chi connectivity index (χ4n) is 2.96. The van der Waals surface area contributed by atoms with Crippen molar-refractivity contribution in [1.82, 2.24) is 0 Å². The van der Waals surface area contributed by atoms with Gasteiger partial charge in [0.2, 0.25) is 0 Å². The van der Waals surface area contributed by atoms with Gasteiger partial charge < -0.3 is 10.6 Å². The molecular weight excluding hydrogens is 302 g/mol. The first kappa shape index (κ1) is 14.4. The van der Waals surface area contributed by atoms with Gasteiger partial charge in [-0.05, 0) is 59.3 Å². The molecule has 1 fully saturated rings. The summed E-state index contributed by atoms with van der Waals surface area (Å²) in [5.41, 5.74) is 7.52. The van der Waals surface area contributed by atoms with Crippen molar-refractivity contribution in [2.75, 3.05) is 11.4 Å². The van der Waals surface area contributed by atoms with Crippen molar-refractivity contribution in [3.8, 4) is 0 Å². The second-order valence-electron chi connectivity index (χ2n) is 5.79. The first-order valence-corrected chi connectivity index (χ1v) is 7.60. The summed E-state index contributed by atoms with van der Waals surface area (Å²) < 4.78 is 0.899. The lowest BCUT2D eigenvalue weighted by molar-refractivity contribution is 0.297. The van der Waals surface area contributed by atoms with E-state index in [1.165, 1.54) is 12.1 Å². The molecule has 1 heterocycles. The number of benzene rings is 1. The van der Waals surface area contributed by atoms with E-state index in [9.17, 15) is 0 Å². The summed E-state index contributed by atoms with van der Waals surface area (Å²) in [7, 11) is 0. The van der Waals surface area contributed by atoms with E-state index in [2.05, 4.69) is 53.7 Å². The number of nitrogen functional groups attached to an aromatic ring is 1. The van der Waals surface area contributed by atoms with E-state index in [0.717, 1.165) is 22.5 Å². The summed E-state index contributed by atoms with van der Waals surface area (Å²) in [5.74, 6) is 1.53. The highest BCUT2D eigenvalue weighted by Gasteiger charge is 2.29. The molecule has 1 aromatic rings. The number of nitrogens with one attached hydrogen (secondary N) is 1. The molecule has 1 aromatic carbocycles. The average molecular weight is 324 g/mol. The van der Waals surface area contributed by atoms with E-state index in [1.54, 1.807) is 0 Å². The third kappa shape index (κ3) is 2.94. The molecule has 0 bridgehead atoms. The molecule has 1 aliphatic rings. The van der Waals surface area contributed by atoms with Crippen LogP contribution in [0.5, 0.6) is 0 Å². The zero-order chi connectivity index (χ0) is 14.2. The highest BCUT2D eigenvalue weighted by molar-refractivity contribution is 9.10. The smallest absolute Gasteiger partial charge is 0.123 e. The molecule has 3 unspecified atom stereocenters. The number of halogens is 1. The van der Waals surface area contributed by atoms with E-state index >= 15 is 0 Å². The Labute approximate surface area is 123 Å². The number of piperidine rings is 1. The van der Waals surface area contributed by atoms with Crippen LogP contribution in [0.3, 0.4) is 0 Å². The Morgan fingerprint density at radius 2 is 2.05 bits per heavy atom. The highest BCUT2D eigenvalue weighted by Crippen LogP contribution is 2.33. The van der Waals surface area contributed by atoms with Crippen molar-refractivity contribution >= 4 is 27.5 Å². The van der Waals surface area contributed by atoms with Crippen LogP contribution in [0.15, 0.2) is 22.7 Å². The van der Waals surface area contributed by atoms with E-state index in [1.807, 2.05) is 6.07 Å². The van der Waals surface area contributed by atoms with Gasteiger partial charge >= 0.3 is 0 Å². The first-order valence-electron chi connectivity index (χ1n) is 6.80. The Morgan fingerprint density at radius 1 is 1.37 bits per heavy atom. The maximum Gasteiger partial charge on any atom is 0.123 e. The van der Waals surface area contributed by atoms with Gasteiger partial charge in [0.1, 0.15) is 5.84 Å². The summed E-state index contributed by atoms with van der Waals surface area (Å²) in [5, 5.41) is 7.53. The van der Waals surface area contributed by atoms with Crippen molar-refractivity contribution in [3.63, 3.8) is 0 Å². The van der Waals surface area contributed by atoms with Gasteiger partial charge in [0.15, 0.2) is 0 Å². The van der Waals surface area contributed by atoms with Crippen LogP contribution < -0.4 is 10.6 Å². The van der Waals surface area contributed by atoms with Crippen LogP contribution in [0.4, 0.5) is 5.69 Å². The minimum absolute atomic E-state index is 0.104. The molecule has 0 aliphatic carbocycles. The lowest BCUT2D eigenvalue weighted by atomic mass is 9.85. The van der Waals surface area contributed by atoms with Gasteiger partial charge in [-0.25, -0.2) is 0 Å². The number of hydrogen-bond acceptors (Lipinski definition) is 2. The molecule has 3 N–H and O–H groups in total. The molecule has 0 spiro atoms. The first-order chi connectivity index (χ1) is 8.90. The van der Waals surface area contributed by atoms with Gasteiger partial charge in [-0.1, -0.05) is 13.8 Å². The zero-order valence-corrected chi connectivity index (χ0v) is 13.4. The molecule has 1 aliphatic heterocycles. The van der Waals surface area contributed by atoms with Crippen LogP contribution in [0.1, 0.15) is 32.8 Å². The van der Waals surface area contributed by atoms with E-state index < -0.39 is 0 Å². The monoisotopic (exact) mass is 323 g/mol. The molecule has 1 saturated heterocycles. The van der Waals surface area contributed by atoms with Gasteiger partial charge in [0.25, 0.3) is 0 Å². The van der Waals surface area contributed by atoms with Crippen molar-refractivity contribution < 1.29 is 0 Å². The molecule has 19 heavy (non-hydrogen) atoms. The van der Waals surface area contributed by atoms with Crippen LogP contribution in [-0.4, -0.2) is 18.4 Å². The number of nitrogens with zero attached hydrogens (tertiary/aromatic N) is 1. The zero-order valence-electron chi connectivity index (χ0n) is 11.8. The molecule has 104 valence electrons. The summed E-state index contributed by atoms with van der Waals surface area (Å²) in [4.78, 5) is 2.47. The molecule has 0 aromatic heterocycles.